The van der Waals surface area contributed by atoms with Crippen LogP contribution in [0.4, 0.5) is 22.0 Å². The van der Waals surface area contributed by atoms with Gasteiger partial charge >= 0.3 is 5.97 Å². The van der Waals surface area contributed by atoms with Crippen LogP contribution in [-0.2, 0) is 11.2 Å². The normalized spacial score (nSPS) is 14.3. The quantitative estimate of drug-likeness (QED) is 0.266. The van der Waals surface area contributed by atoms with E-state index in [4.69, 9.17) is 4.74 Å². The van der Waals surface area contributed by atoms with Crippen molar-refractivity contribution in [1.29, 1.82) is 0 Å². The minimum atomic E-state index is -1.54. The molecule has 29 heavy (non-hydrogen) atoms. The molecular weight excluding hydrogens is 391 g/mol. The zero-order chi connectivity index (χ0) is 21.4. The Balaban J connectivity index is 1.87. The lowest BCUT2D eigenvalue weighted by molar-refractivity contribution is 0.0137. The zero-order valence-corrected chi connectivity index (χ0v) is 16.0. The van der Waals surface area contributed by atoms with Crippen LogP contribution in [0.25, 0.3) is 0 Å². The molecule has 0 amide bonds. The van der Waals surface area contributed by atoms with E-state index < -0.39 is 41.9 Å². The fourth-order valence-corrected chi connectivity index (χ4v) is 3.03. The molecule has 2 aromatic rings. The van der Waals surface area contributed by atoms with Crippen LogP contribution in [0.2, 0.25) is 0 Å². The summed E-state index contributed by atoms with van der Waals surface area (Å²) < 4.78 is 72.4. The van der Waals surface area contributed by atoms with Gasteiger partial charge in [-0.05, 0) is 56.0 Å². The molecule has 0 aromatic heterocycles. The van der Waals surface area contributed by atoms with Gasteiger partial charge in [0, 0.05) is 12.8 Å². The average molecular weight is 414 g/mol. The highest BCUT2D eigenvalue weighted by atomic mass is 19.2. The van der Waals surface area contributed by atoms with Crippen molar-refractivity contribution in [2.45, 2.75) is 57.5 Å². The standard InChI is InChI=1S/C22H23F5O2/c1-14(23)10-18(29-22(28)16-7-3-2-4-8-16)13-17(24)9-5-6-15-11-19(25)21(27)20(26)12-15/h2-4,7-8,11-12,14,17-18H,5-6,9-10,13H2,1H3. The average Bonchev–Trinajstić information content (AvgIpc) is 2.66. The van der Waals surface area contributed by atoms with E-state index in [9.17, 15) is 26.7 Å². The molecule has 0 aliphatic rings. The Hall–Kier alpha value is -2.44. The number of carbonyl (C=O) groups is 1. The maximum atomic E-state index is 14.4. The lowest BCUT2D eigenvalue weighted by Crippen LogP contribution is -2.25. The highest BCUT2D eigenvalue weighted by Crippen LogP contribution is 2.21. The number of hydrogen-bond acceptors (Lipinski definition) is 2. The summed E-state index contributed by atoms with van der Waals surface area (Å²) in [7, 11) is 0. The number of esters is 1. The van der Waals surface area contributed by atoms with Crippen molar-refractivity contribution in [3.63, 3.8) is 0 Å². The Morgan fingerprint density at radius 2 is 1.62 bits per heavy atom. The van der Waals surface area contributed by atoms with Crippen LogP contribution >= 0.6 is 0 Å². The summed E-state index contributed by atoms with van der Waals surface area (Å²) in [5, 5.41) is 0. The molecule has 0 aliphatic carbocycles. The second kappa shape index (κ2) is 10.9. The van der Waals surface area contributed by atoms with Crippen LogP contribution in [0.3, 0.4) is 0 Å². The van der Waals surface area contributed by atoms with Crippen LogP contribution < -0.4 is 0 Å². The Labute approximate surface area is 166 Å². The SMILES string of the molecule is CC(F)CC(CC(F)CCCc1cc(F)c(F)c(F)c1)OC(=O)c1ccccc1. The van der Waals surface area contributed by atoms with Crippen LogP contribution in [0.1, 0.15) is 48.5 Å². The maximum Gasteiger partial charge on any atom is 0.338 e. The monoisotopic (exact) mass is 414 g/mol. The molecule has 0 saturated carbocycles. The molecule has 0 aliphatic heterocycles. The fourth-order valence-electron chi connectivity index (χ4n) is 3.03. The van der Waals surface area contributed by atoms with Gasteiger partial charge in [0.1, 0.15) is 18.4 Å². The topological polar surface area (TPSA) is 26.3 Å². The van der Waals surface area contributed by atoms with Gasteiger partial charge in [0.25, 0.3) is 0 Å². The van der Waals surface area contributed by atoms with E-state index in [1.807, 2.05) is 0 Å². The van der Waals surface area contributed by atoms with E-state index in [1.165, 1.54) is 6.92 Å². The highest BCUT2D eigenvalue weighted by Gasteiger charge is 2.23. The molecule has 0 saturated heterocycles. The van der Waals surface area contributed by atoms with Gasteiger partial charge in [-0.25, -0.2) is 26.7 Å². The molecule has 0 N–H and O–H groups in total. The predicted molar refractivity (Wildman–Crippen MR) is 99.6 cm³/mol. The highest BCUT2D eigenvalue weighted by molar-refractivity contribution is 5.89. The maximum absolute atomic E-state index is 14.4. The third kappa shape index (κ3) is 7.48. The van der Waals surface area contributed by atoms with Gasteiger partial charge in [0.15, 0.2) is 17.5 Å². The largest absolute Gasteiger partial charge is 0.459 e. The summed E-state index contributed by atoms with van der Waals surface area (Å²) in [4.78, 5) is 12.1. The van der Waals surface area contributed by atoms with Gasteiger partial charge in [-0.15, -0.1) is 0 Å². The van der Waals surface area contributed by atoms with Gasteiger partial charge in [0.2, 0.25) is 0 Å². The summed E-state index contributed by atoms with van der Waals surface area (Å²) in [6, 6.07) is 9.89. The minimum Gasteiger partial charge on any atom is -0.459 e. The number of rotatable bonds is 10. The lowest BCUT2D eigenvalue weighted by Gasteiger charge is -2.20. The van der Waals surface area contributed by atoms with Crippen molar-refractivity contribution in [2.75, 3.05) is 0 Å². The van der Waals surface area contributed by atoms with Crippen molar-refractivity contribution < 1.29 is 31.5 Å². The first-order chi connectivity index (χ1) is 13.8. The molecule has 2 rings (SSSR count). The molecule has 3 atom stereocenters. The lowest BCUT2D eigenvalue weighted by atomic mass is 10.0. The molecule has 0 heterocycles. The summed E-state index contributed by atoms with van der Waals surface area (Å²) in [5.41, 5.74) is 0.512. The second-order valence-corrected chi connectivity index (χ2v) is 7.01. The molecule has 158 valence electrons. The molecular formula is C22H23F5O2. The van der Waals surface area contributed by atoms with E-state index >= 15 is 0 Å². The summed E-state index contributed by atoms with van der Waals surface area (Å²) in [6.45, 7) is 1.30. The van der Waals surface area contributed by atoms with Gasteiger partial charge in [-0.3, -0.25) is 0 Å². The van der Waals surface area contributed by atoms with Crippen molar-refractivity contribution in [3.8, 4) is 0 Å². The number of hydrogen-bond donors (Lipinski definition) is 0. The first-order valence-electron chi connectivity index (χ1n) is 9.43. The van der Waals surface area contributed by atoms with E-state index in [1.54, 1.807) is 30.3 Å². The summed E-state index contributed by atoms with van der Waals surface area (Å²) >= 11 is 0. The molecule has 2 aromatic carbocycles. The third-order valence-corrected chi connectivity index (χ3v) is 4.42. The van der Waals surface area contributed by atoms with Crippen molar-refractivity contribution in [3.05, 3.63) is 71.0 Å². The molecule has 0 bridgehead atoms. The van der Waals surface area contributed by atoms with Crippen LogP contribution in [0, 0.1) is 17.5 Å². The van der Waals surface area contributed by atoms with Crippen molar-refractivity contribution >= 4 is 5.97 Å². The summed E-state index contributed by atoms with van der Waals surface area (Å²) in [6.07, 6.45) is -3.48. The Kier molecular flexibility index (Phi) is 8.61. The minimum absolute atomic E-state index is 0.0284. The van der Waals surface area contributed by atoms with Crippen LogP contribution in [0.15, 0.2) is 42.5 Å². The summed E-state index contributed by atoms with van der Waals surface area (Å²) in [5.74, 6) is -4.77. The Bertz CT molecular complexity index is 772. The zero-order valence-electron chi connectivity index (χ0n) is 16.0. The Morgan fingerprint density at radius 1 is 1.00 bits per heavy atom. The van der Waals surface area contributed by atoms with Crippen LogP contribution in [0.5, 0.6) is 0 Å². The van der Waals surface area contributed by atoms with E-state index in [0.29, 0.717) is 5.56 Å². The number of benzene rings is 2. The predicted octanol–water partition coefficient (Wildman–Crippen LogP) is 6.13. The van der Waals surface area contributed by atoms with Crippen molar-refractivity contribution in [2.24, 2.45) is 0 Å². The number of carbonyl (C=O) groups excluding carboxylic acids is 1. The number of aryl methyl sites for hydroxylation is 1. The van der Waals surface area contributed by atoms with E-state index in [-0.39, 0.29) is 37.7 Å². The Morgan fingerprint density at radius 3 is 2.21 bits per heavy atom. The second-order valence-electron chi connectivity index (χ2n) is 7.01. The molecule has 2 nitrogen and oxygen atoms in total. The van der Waals surface area contributed by atoms with Gasteiger partial charge in [-0.2, -0.15) is 0 Å². The van der Waals surface area contributed by atoms with E-state index in [0.717, 1.165) is 12.1 Å². The van der Waals surface area contributed by atoms with E-state index in [2.05, 4.69) is 0 Å². The molecule has 0 radical (unpaired) electrons. The van der Waals surface area contributed by atoms with Crippen LogP contribution in [-0.4, -0.2) is 24.4 Å². The third-order valence-electron chi connectivity index (χ3n) is 4.42. The molecule has 0 spiro atoms. The van der Waals surface area contributed by atoms with Gasteiger partial charge in [0.05, 0.1) is 5.56 Å². The smallest absolute Gasteiger partial charge is 0.338 e. The molecule has 7 heteroatoms. The van der Waals surface area contributed by atoms with Crippen molar-refractivity contribution in [1.82, 2.24) is 0 Å². The molecule has 0 fully saturated rings. The van der Waals surface area contributed by atoms with Gasteiger partial charge in [-0.1, -0.05) is 18.2 Å². The first kappa shape index (κ1) is 22.8. The molecule has 3 unspecified atom stereocenters. The fraction of sp³-hybridized carbons (Fsp3) is 0.409. The number of ether oxygens (including phenoxy) is 1. The number of alkyl halides is 2. The first-order valence-corrected chi connectivity index (χ1v) is 9.43. The van der Waals surface area contributed by atoms with Gasteiger partial charge < -0.3 is 4.74 Å². The number of halogens is 5.